The molecule has 0 aromatic carbocycles. The molecule has 0 unspecified atom stereocenters. The largest absolute Gasteiger partial charge is 0.412 e. The summed E-state index contributed by atoms with van der Waals surface area (Å²) >= 11 is 0. The van der Waals surface area contributed by atoms with Gasteiger partial charge in [0.15, 0.2) is 17.4 Å². The highest BCUT2D eigenvalue weighted by molar-refractivity contribution is 5.75. The molecule has 6 heavy (non-hydrogen) atoms. The fraction of sp³-hybridized carbons (Fsp3) is 1.00. The van der Waals surface area contributed by atoms with Crippen molar-refractivity contribution >= 4 is 17.4 Å². The highest BCUT2D eigenvalue weighted by atomic mass is 27.0. The molecule has 0 fully saturated rings. The maximum atomic E-state index is 9.53. The Kier molecular flexibility index (Phi) is 24.3. The van der Waals surface area contributed by atoms with Crippen molar-refractivity contribution in [3.8, 4) is 0 Å². The summed E-state index contributed by atoms with van der Waals surface area (Å²) in [6, 6.07) is 0. The Labute approximate surface area is 48.6 Å². The van der Waals surface area contributed by atoms with Crippen molar-refractivity contribution in [2.24, 2.45) is 0 Å². The van der Waals surface area contributed by atoms with Crippen LogP contribution in [0.25, 0.3) is 0 Å². The first-order valence-electron chi connectivity index (χ1n) is 1.39. The second kappa shape index (κ2) is 9.07. The first-order chi connectivity index (χ1) is 1.73. The SMILES string of the molecule is CC(C)[O].O.[AlH3]. The molecule has 0 aliphatic heterocycles. The number of hydrogen-bond acceptors (Lipinski definition) is 0. The van der Waals surface area contributed by atoms with Gasteiger partial charge in [0.25, 0.3) is 0 Å². The van der Waals surface area contributed by atoms with Crippen LogP contribution in [0.2, 0.25) is 0 Å². The predicted molar refractivity (Wildman–Crippen MR) is 29.4 cm³/mol. The maximum Gasteiger partial charge on any atom is 0.187 e. The van der Waals surface area contributed by atoms with Crippen molar-refractivity contribution in [1.82, 2.24) is 0 Å². The zero-order chi connectivity index (χ0) is 3.58. The number of hydrogen-bond donors (Lipinski definition) is 0. The summed E-state index contributed by atoms with van der Waals surface area (Å²) in [6.07, 6.45) is -0.417. The molecule has 0 atom stereocenters. The Morgan fingerprint density at radius 3 is 1.33 bits per heavy atom. The van der Waals surface area contributed by atoms with Crippen LogP contribution >= 0.6 is 0 Å². The first kappa shape index (κ1) is 16.1. The lowest BCUT2D eigenvalue weighted by Crippen LogP contribution is -1.81. The zero-order valence-electron chi connectivity index (χ0n) is 3.49. The van der Waals surface area contributed by atoms with Gasteiger partial charge in [0, 0.05) is 0 Å². The van der Waals surface area contributed by atoms with Gasteiger partial charge in [0.05, 0.1) is 6.10 Å². The molecule has 0 amide bonds. The van der Waals surface area contributed by atoms with Crippen molar-refractivity contribution < 1.29 is 10.6 Å². The van der Waals surface area contributed by atoms with E-state index in [1.165, 1.54) is 0 Å². The summed E-state index contributed by atoms with van der Waals surface area (Å²) in [7, 11) is 0. The van der Waals surface area contributed by atoms with Gasteiger partial charge in [-0.3, -0.25) is 0 Å². The molecule has 0 spiro atoms. The van der Waals surface area contributed by atoms with Crippen LogP contribution in [0.1, 0.15) is 13.8 Å². The van der Waals surface area contributed by atoms with Gasteiger partial charge in [-0.25, -0.2) is 5.11 Å². The van der Waals surface area contributed by atoms with Crippen molar-refractivity contribution in [3.05, 3.63) is 0 Å². The quantitative estimate of drug-likeness (QED) is 0.350. The molecule has 1 radical (unpaired) electrons. The van der Waals surface area contributed by atoms with E-state index in [9.17, 15) is 5.11 Å². The van der Waals surface area contributed by atoms with Crippen LogP contribution in [0.15, 0.2) is 0 Å². The molecule has 0 saturated heterocycles. The smallest absolute Gasteiger partial charge is 0.187 e. The Balaban J connectivity index is -0.0000000450. The molecule has 0 bridgehead atoms. The Bertz CT molecular complexity index is 13.5. The number of rotatable bonds is 0. The van der Waals surface area contributed by atoms with Crippen molar-refractivity contribution in [2.75, 3.05) is 0 Å². The summed E-state index contributed by atoms with van der Waals surface area (Å²) in [5.41, 5.74) is 0. The van der Waals surface area contributed by atoms with Crippen molar-refractivity contribution in [2.45, 2.75) is 20.0 Å². The summed E-state index contributed by atoms with van der Waals surface area (Å²) in [5.74, 6) is 0. The Morgan fingerprint density at radius 2 is 1.33 bits per heavy atom. The lowest BCUT2D eigenvalue weighted by molar-refractivity contribution is 0.122. The molecule has 0 heterocycles. The second-order valence-corrected chi connectivity index (χ2v) is 1.05. The average molecular weight is 107 g/mol. The van der Waals surface area contributed by atoms with Gasteiger partial charge < -0.3 is 5.48 Å². The van der Waals surface area contributed by atoms with E-state index in [1.54, 1.807) is 13.8 Å². The molecular weight excluding hydrogens is 95.0 g/mol. The van der Waals surface area contributed by atoms with Gasteiger partial charge in [-0.2, -0.15) is 0 Å². The minimum Gasteiger partial charge on any atom is -0.412 e. The normalized spacial score (nSPS) is 6.00. The highest BCUT2D eigenvalue weighted by Gasteiger charge is 1.73. The third kappa shape index (κ3) is 259. The lowest BCUT2D eigenvalue weighted by Gasteiger charge is -1.74. The highest BCUT2D eigenvalue weighted by Crippen LogP contribution is 1.67. The molecule has 2 nitrogen and oxygen atoms in total. The van der Waals surface area contributed by atoms with Crippen LogP contribution in [0.3, 0.4) is 0 Å². The topological polar surface area (TPSA) is 51.4 Å². The molecule has 0 aliphatic carbocycles. The van der Waals surface area contributed by atoms with E-state index in [0.717, 1.165) is 0 Å². The van der Waals surface area contributed by atoms with Gasteiger partial charge in [-0.15, -0.1) is 0 Å². The van der Waals surface area contributed by atoms with Gasteiger partial charge in [0.2, 0.25) is 0 Å². The zero-order valence-corrected chi connectivity index (χ0v) is 3.49. The molecule has 2 N–H and O–H groups in total. The van der Waals surface area contributed by atoms with Crippen LogP contribution in [0, 0.1) is 0 Å². The summed E-state index contributed by atoms with van der Waals surface area (Å²) in [6.45, 7) is 3.22. The van der Waals surface area contributed by atoms with E-state index < -0.39 is 6.10 Å². The third-order valence-corrected chi connectivity index (χ3v) is 0. The molecule has 3 heteroatoms. The molecule has 0 aromatic rings. The van der Waals surface area contributed by atoms with E-state index >= 15 is 0 Å². The minimum atomic E-state index is -0.417. The second-order valence-electron chi connectivity index (χ2n) is 1.05. The molecule has 39 valence electrons. The molecular formula is C3H12AlO2. The van der Waals surface area contributed by atoms with E-state index in [1.807, 2.05) is 0 Å². The lowest BCUT2D eigenvalue weighted by atomic mass is 10.5. The van der Waals surface area contributed by atoms with Crippen LogP contribution in [-0.4, -0.2) is 28.9 Å². The third-order valence-electron chi connectivity index (χ3n) is 0. The summed E-state index contributed by atoms with van der Waals surface area (Å²) < 4.78 is 0. The fourth-order valence-corrected chi connectivity index (χ4v) is 0. The van der Waals surface area contributed by atoms with Gasteiger partial charge in [0.1, 0.15) is 0 Å². The monoisotopic (exact) mass is 107 g/mol. The van der Waals surface area contributed by atoms with E-state index in [0.29, 0.717) is 0 Å². The Morgan fingerprint density at radius 1 is 1.33 bits per heavy atom. The van der Waals surface area contributed by atoms with Crippen molar-refractivity contribution in [3.63, 3.8) is 0 Å². The van der Waals surface area contributed by atoms with Gasteiger partial charge in [-0.05, 0) is 13.8 Å². The van der Waals surface area contributed by atoms with E-state index in [-0.39, 0.29) is 22.8 Å². The van der Waals surface area contributed by atoms with Crippen LogP contribution < -0.4 is 0 Å². The van der Waals surface area contributed by atoms with Gasteiger partial charge in [-0.1, -0.05) is 0 Å². The van der Waals surface area contributed by atoms with E-state index in [4.69, 9.17) is 0 Å². The first-order valence-corrected chi connectivity index (χ1v) is 1.39. The van der Waals surface area contributed by atoms with Crippen molar-refractivity contribution in [1.29, 1.82) is 0 Å². The minimum absolute atomic E-state index is 0. The summed E-state index contributed by atoms with van der Waals surface area (Å²) in [5, 5.41) is 9.53. The molecule has 0 saturated carbocycles. The molecule has 0 rings (SSSR count). The maximum absolute atomic E-state index is 9.53. The summed E-state index contributed by atoms with van der Waals surface area (Å²) in [4.78, 5) is 0. The van der Waals surface area contributed by atoms with Crippen LogP contribution in [0.5, 0.6) is 0 Å². The fourth-order valence-electron chi connectivity index (χ4n) is 0. The molecule has 0 aliphatic rings. The van der Waals surface area contributed by atoms with Crippen LogP contribution in [-0.2, 0) is 5.11 Å². The average Bonchev–Trinajstić information content (AvgIpc) is 0.811. The molecule has 0 aromatic heterocycles. The Hall–Kier alpha value is 0.452. The van der Waals surface area contributed by atoms with Gasteiger partial charge >= 0.3 is 0 Å². The standard InChI is InChI=1S/C3H7O.Al.H2O.3H/c1-3(2)4;;;;;/h3H,1-2H3;;1H2;;;. The predicted octanol–water partition coefficient (Wildman–Crippen LogP) is -1.18. The van der Waals surface area contributed by atoms with E-state index in [2.05, 4.69) is 0 Å². The van der Waals surface area contributed by atoms with Crippen LogP contribution in [0.4, 0.5) is 0 Å².